The molecule has 2 unspecified atom stereocenters. The second-order valence-corrected chi connectivity index (χ2v) is 4.59. The Kier molecular flexibility index (Phi) is 4.85. The number of nitrogens with zero attached hydrogens (tertiary/aromatic N) is 2. The van der Waals surface area contributed by atoms with Crippen molar-refractivity contribution in [2.75, 3.05) is 33.2 Å². The Balaban J connectivity index is 2.20. The van der Waals surface area contributed by atoms with Crippen molar-refractivity contribution in [1.29, 1.82) is 0 Å². The van der Waals surface area contributed by atoms with Crippen molar-refractivity contribution < 1.29 is 0 Å². The van der Waals surface area contributed by atoms with Crippen LogP contribution in [0.15, 0.2) is 0 Å². The van der Waals surface area contributed by atoms with Crippen LogP contribution in [-0.4, -0.2) is 55.1 Å². The summed E-state index contributed by atoms with van der Waals surface area (Å²) in [6.45, 7) is 9.24. The highest BCUT2D eigenvalue weighted by Crippen LogP contribution is 2.08. The molecule has 0 saturated carbocycles. The first-order valence-corrected chi connectivity index (χ1v) is 5.81. The molecular formula is C11H25N3. The molecule has 1 saturated heterocycles. The summed E-state index contributed by atoms with van der Waals surface area (Å²) >= 11 is 0. The Morgan fingerprint density at radius 1 is 1.43 bits per heavy atom. The molecule has 2 N–H and O–H groups in total. The summed E-state index contributed by atoms with van der Waals surface area (Å²) in [5.74, 6) is 0. The van der Waals surface area contributed by atoms with Gasteiger partial charge in [0, 0.05) is 31.7 Å². The lowest BCUT2D eigenvalue weighted by molar-refractivity contribution is 0.103. The fourth-order valence-electron chi connectivity index (χ4n) is 1.88. The van der Waals surface area contributed by atoms with Gasteiger partial charge in [-0.05, 0) is 33.4 Å². The van der Waals surface area contributed by atoms with E-state index in [1.165, 1.54) is 26.2 Å². The van der Waals surface area contributed by atoms with Crippen molar-refractivity contribution in [3.05, 3.63) is 0 Å². The van der Waals surface area contributed by atoms with E-state index in [-0.39, 0.29) is 0 Å². The van der Waals surface area contributed by atoms with E-state index in [2.05, 4.69) is 30.7 Å². The van der Waals surface area contributed by atoms with Gasteiger partial charge in [0.05, 0.1) is 0 Å². The van der Waals surface area contributed by atoms with E-state index in [1.54, 1.807) is 0 Å². The van der Waals surface area contributed by atoms with E-state index in [4.69, 9.17) is 5.73 Å². The van der Waals surface area contributed by atoms with Gasteiger partial charge in [-0.2, -0.15) is 0 Å². The maximum Gasteiger partial charge on any atom is 0.0192 e. The van der Waals surface area contributed by atoms with Crippen LogP contribution in [-0.2, 0) is 0 Å². The fourth-order valence-corrected chi connectivity index (χ4v) is 1.88. The zero-order valence-electron chi connectivity index (χ0n) is 9.87. The third kappa shape index (κ3) is 3.56. The number of hydrogen-bond acceptors (Lipinski definition) is 3. The Morgan fingerprint density at radius 3 is 2.71 bits per heavy atom. The van der Waals surface area contributed by atoms with E-state index in [9.17, 15) is 0 Å². The van der Waals surface area contributed by atoms with Crippen LogP contribution in [0.4, 0.5) is 0 Å². The average Bonchev–Trinajstić information content (AvgIpc) is 2.19. The molecule has 1 rings (SSSR count). The molecule has 0 radical (unpaired) electrons. The number of rotatable bonds is 4. The van der Waals surface area contributed by atoms with Gasteiger partial charge in [-0.25, -0.2) is 0 Å². The van der Waals surface area contributed by atoms with Crippen molar-refractivity contribution in [2.24, 2.45) is 5.73 Å². The van der Waals surface area contributed by atoms with Crippen molar-refractivity contribution in [3.63, 3.8) is 0 Å². The Morgan fingerprint density at radius 2 is 2.14 bits per heavy atom. The maximum absolute atomic E-state index is 5.91. The normalized spacial score (nSPS) is 27.9. The van der Waals surface area contributed by atoms with Crippen molar-refractivity contribution in [1.82, 2.24) is 9.80 Å². The van der Waals surface area contributed by atoms with Gasteiger partial charge in [-0.1, -0.05) is 6.92 Å². The van der Waals surface area contributed by atoms with Crippen LogP contribution >= 0.6 is 0 Å². The summed E-state index contributed by atoms with van der Waals surface area (Å²) in [7, 11) is 2.21. The minimum atomic E-state index is 0.393. The van der Waals surface area contributed by atoms with E-state index >= 15 is 0 Å². The standard InChI is InChI=1S/C11H25N3/c1-4-11(12)5-6-14-8-7-13(3)10(2)9-14/h10-11H,4-9,12H2,1-3H3. The molecule has 14 heavy (non-hydrogen) atoms. The van der Waals surface area contributed by atoms with E-state index in [0.717, 1.165) is 12.8 Å². The second-order valence-electron chi connectivity index (χ2n) is 4.59. The molecule has 0 aromatic heterocycles. The highest BCUT2D eigenvalue weighted by atomic mass is 15.3. The summed E-state index contributed by atoms with van der Waals surface area (Å²) in [6.07, 6.45) is 2.25. The zero-order valence-corrected chi connectivity index (χ0v) is 9.87. The van der Waals surface area contributed by atoms with E-state index in [1.807, 2.05) is 0 Å². The lowest BCUT2D eigenvalue weighted by Gasteiger charge is -2.38. The highest BCUT2D eigenvalue weighted by molar-refractivity contribution is 4.77. The molecule has 1 heterocycles. The topological polar surface area (TPSA) is 32.5 Å². The summed E-state index contributed by atoms with van der Waals surface area (Å²) in [5.41, 5.74) is 5.91. The molecule has 1 aliphatic rings. The first kappa shape index (κ1) is 12.0. The molecule has 1 fully saturated rings. The number of piperazine rings is 1. The first-order valence-electron chi connectivity index (χ1n) is 5.81. The zero-order chi connectivity index (χ0) is 10.6. The molecule has 0 bridgehead atoms. The minimum absolute atomic E-state index is 0.393. The van der Waals surface area contributed by atoms with Gasteiger partial charge in [0.15, 0.2) is 0 Å². The van der Waals surface area contributed by atoms with Crippen LogP contribution in [0.2, 0.25) is 0 Å². The first-order chi connectivity index (χ1) is 6.63. The summed E-state index contributed by atoms with van der Waals surface area (Å²) < 4.78 is 0. The average molecular weight is 199 g/mol. The lowest BCUT2D eigenvalue weighted by atomic mass is 10.1. The number of likely N-dealkylation sites (N-methyl/N-ethyl adjacent to an activating group) is 1. The highest BCUT2D eigenvalue weighted by Gasteiger charge is 2.20. The molecule has 0 aromatic carbocycles. The van der Waals surface area contributed by atoms with Crippen LogP contribution in [0, 0.1) is 0 Å². The molecule has 0 amide bonds. The Hall–Kier alpha value is -0.120. The summed E-state index contributed by atoms with van der Waals surface area (Å²) in [5, 5.41) is 0. The van der Waals surface area contributed by atoms with Gasteiger partial charge in [-0.3, -0.25) is 0 Å². The molecule has 2 atom stereocenters. The van der Waals surface area contributed by atoms with Crippen LogP contribution in [0.1, 0.15) is 26.7 Å². The predicted octanol–water partition coefficient (Wildman–Crippen LogP) is 0.750. The fraction of sp³-hybridized carbons (Fsp3) is 1.00. The van der Waals surface area contributed by atoms with Gasteiger partial charge in [-0.15, -0.1) is 0 Å². The summed E-state index contributed by atoms with van der Waals surface area (Å²) in [4.78, 5) is 4.97. The molecular weight excluding hydrogens is 174 g/mol. The molecule has 1 aliphatic heterocycles. The summed E-state index contributed by atoms with van der Waals surface area (Å²) in [6, 6.07) is 1.09. The van der Waals surface area contributed by atoms with Crippen LogP contribution in [0.3, 0.4) is 0 Å². The molecule has 84 valence electrons. The predicted molar refractivity (Wildman–Crippen MR) is 61.4 cm³/mol. The van der Waals surface area contributed by atoms with E-state index < -0.39 is 0 Å². The SMILES string of the molecule is CCC(N)CCN1CCN(C)C(C)C1. The monoisotopic (exact) mass is 199 g/mol. The van der Waals surface area contributed by atoms with Crippen LogP contribution in [0.5, 0.6) is 0 Å². The second kappa shape index (κ2) is 5.69. The van der Waals surface area contributed by atoms with Crippen molar-refractivity contribution in [3.8, 4) is 0 Å². The smallest absolute Gasteiger partial charge is 0.0192 e. The molecule has 3 heteroatoms. The quantitative estimate of drug-likeness (QED) is 0.725. The largest absolute Gasteiger partial charge is 0.328 e. The third-order valence-electron chi connectivity index (χ3n) is 3.38. The van der Waals surface area contributed by atoms with Crippen molar-refractivity contribution in [2.45, 2.75) is 38.8 Å². The van der Waals surface area contributed by atoms with Crippen LogP contribution < -0.4 is 5.73 Å². The van der Waals surface area contributed by atoms with Gasteiger partial charge < -0.3 is 15.5 Å². The van der Waals surface area contributed by atoms with E-state index in [0.29, 0.717) is 12.1 Å². The van der Waals surface area contributed by atoms with Gasteiger partial charge in [0.2, 0.25) is 0 Å². The third-order valence-corrected chi connectivity index (χ3v) is 3.38. The molecule has 0 aliphatic carbocycles. The van der Waals surface area contributed by atoms with Gasteiger partial charge in [0.1, 0.15) is 0 Å². The number of nitrogens with two attached hydrogens (primary N) is 1. The Bertz CT molecular complexity index is 161. The Labute approximate surface area is 88.2 Å². The maximum atomic E-state index is 5.91. The number of hydrogen-bond donors (Lipinski definition) is 1. The molecule has 0 spiro atoms. The molecule has 0 aromatic rings. The van der Waals surface area contributed by atoms with Gasteiger partial charge >= 0.3 is 0 Å². The van der Waals surface area contributed by atoms with Crippen molar-refractivity contribution >= 4 is 0 Å². The van der Waals surface area contributed by atoms with Crippen LogP contribution in [0.25, 0.3) is 0 Å². The minimum Gasteiger partial charge on any atom is -0.328 e. The molecule has 3 nitrogen and oxygen atoms in total. The van der Waals surface area contributed by atoms with Gasteiger partial charge in [0.25, 0.3) is 0 Å². The lowest BCUT2D eigenvalue weighted by Crippen LogP contribution is -2.50.